The van der Waals surface area contributed by atoms with Crippen LogP contribution in [0, 0.1) is 17.2 Å². The molecule has 0 saturated heterocycles. The quantitative estimate of drug-likeness (QED) is 0.520. The molecule has 2 atom stereocenters. The Labute approximate surface area is 204 Å². The van der Waals surface area contributed by atoms with E-state index in [4.69, 9.17) is 5.73 Å². The molecule has 35 heavy (non-hydrogen) atoms. The third kappa shape index (κ3) is 6.83. The summed E-state index contributed by atoms with van der Waals surface area (Å²) in [5.41, 5.74) is 4.94. The molecule has 10 heteroatoms. The highest BCUT2D eigenvalue weighted by Crippen LogP contribution is 2.43. The number of hydrogen-bond donors (Lipinski definition) is 1. The van der Waals surface area contributed by atoms with Gasteiger partial charge in [-0.3, -0.25) is 9.69 Å². The van der Waals surface area contributed by atoms with E-state index in [1.54, 1.807) is 26.0 Å². The minimum atomic E-state index is -4.81. The molecule has 0 aliphatic heterocycles. The van der Waals surface area contributed by atoms with Crippen LogP contribution in [0.3, 0.4) is 0 Å². The lowest BCUT2D eigenvalue weighted by Gasteiger charge is -2.44. The molecule has 0 fully saturated rings. The molecule has 0 heterocycles. The van der Waals surface area contributed by atoms with Gasteiger partial charge >= 0.3 is 6.18 Å². The molecule has 2 aromatic carbocycles. The van der Waals surface area contributed by atoms with Gasteiger partial charge in [-0.25, -0.2) is 8.42 Å². The lowest BCUT2D eigenvalue weighted by atomic mass is 9.90. The normalized spacial score (nSPS) is 14.5. The Bertz CT molecular complexity index is 1180. The molecule has 190 valence electrons. The second kappa shape index (κ2) is 10.4. The van der Waals surface area contributed by atoms with Crippen molar-refractivity contribution in [1.82, 2.24) is 4.90 Å². The minimum Gasteiger partial charge on any atom is -0.368 e. The second-order valence-corrected chi connectivity index (χ2v) is 11.5. The highest BCUT2D eigenvalue weighted by molar-refractivity contribution is 7.90. The zero-order chi connectivity index (χ0) is 26.8. The number of amides is 1. The van der Waals surface area contributed by atoms with Gasteiger partial charge in [0.2, 0.25) is 5.91 Å². The van der Waals surface area contributed by atoms with Crippen molar-refractivity contribution >= 4 is 15.7 Å². The monoisotopic (exact) mass is 509 g/mol. The van der Waals surface area contributed by atoms with Crippen molar-refractivity contribution in [3.05, 3.63) is 54.1 Å². The van der Waals surface area contributed by atoms with Gasteiger partial charge in [0.25, 0.3) is 0 Å². The molecule has 0 saturated carbocycles. The molecular weight excluding hydrogens is 479 g/mol. The van der Waals surface area contributed by atoms with E-state index in [2.05, 4.69) is 0 Å². The third-order valence-corrected chi connectivity index (χ3v) is 6.84. The number of sulfone groups is 1. The Morgan fingerprint density at radius 2 is 1.49 bits per heavy atom. The molecule has 2 N–H and O–H groups in total. The van der Waals surface area contributed by atoms with Crippen LogP contribution >= 0.6 is 0 Å². The maximum absolute atomic E-state index is 14.5. The Balaban J connectivity index is 2.60. The summed E-state index contributed by atoms with van der Waals surface area (Å²) >= 11 is 0. The number of alkyl halides is 3. The molecule has 2 rings (SSSR count). The van der Waals surface area contributed by atoms with Crippen LogP contribution in [0.4, 0.5) is 13.2 Å². The van der Waals surface area contributed by atoms with Crippen molar-refractivity contribution < 1.29 is 26.4 Å². The predicted molar refractivity (Wildman–Crippen MR) is 128 cm³/mol. The first-order valence-corrected chi connectivity index (χ1v) is 12.8. The summed E-state index contributed by atoms with van der Waals surface area (Å²) in [7, 11) is -3.38. The lowest BCUT2D eigenvalue weighted by molar-refractivity contribution is -0.204. The number of nitriles is 1. The Hall–Kier alpha value is -2.90. The number of benzene rings is 2. The van der Waals surface area contributed by atoms with Gasteiger partial charge in [-0.15, -0.1) is 0 Å². The van der Waals surface area contributed by atoms with Gasteiger partial charge in [0.1, 0.15) is 11.6 Å². The van der Waals surface area contributed by atoms with E-state index in [0.717, 1.165) is 11.2 Å². The van der Waals surface area contributed by atoms with Crippen LogP contribution in [-0.2, 0) is 14.6 Å². The third-order valence-electron chi connectivity index (χ3n) is 5.71. The number of halogens is 3. The average Bonchev–Trinajstić information content (AvgIpc) is 2.74. The van der Waals surface area contributed by atoms with Gasteiger partial charge in [-0.2, -0.15) is 18.4 Å². The van der Waals surface area contributed by atoms with E-state index < -0.39 is 39.5 Å². The van der Waals surface area contributed by atoms with Crippen molar-refractivity contribution in [2.24, 2.45) is 11.7 Å². The molecule has 2 aromatic rings. The van der Waals surface area contributed by atoms with E-state index in [1.165, 1.54) is 50.2 Å². The van der Waals surface area contributed by atoms with Crippen LogP contribution in [0.1, 0.15) is 45.7 Å². The fourth-order valence-electron chi connectivity index (χ4n) is 4.02. The van der Waals surface area contributed by atoms with Crippen LogP contribution < -0.4 is 5.73 Å². The second-order valence-electron chi connectivity index (χ2n) is 9.49. The Kier molecular flexibility index (Phi) is 8.40. The van der Waals surface area contributed by atoms with Crippen molar-refractivity contribution in [3.63, 3.8) is 0 Å². The first-order chi connectivity index (χ1) is 16.0. The summed E-state index contributed by atoms with van der Waals surface area (Å²) in [6.07, 6.45) is -3.67. The summed E-state index contributed by atoms with van der Waals surface area (Å²) in [6, 6.07) is 9.90. The number of primary amides is 1. The molecule has 0 aliphatic rings. The van der Waals surface area contributed by atoms with Crippen molar-refractivity contribution in [3.8, 4) is 17.2 Å². The maximum Gasteiger partial charge on any atom is 0.408 e. The minimum absolute atomic E-state index is 0.0534. The number of hydrogen-bond acceptors (Lipinski definition) is 5. The van der Waals surface area contributed by atoms with E-state index in [9.17, 15) is 31.6 Å². The fourth-order valence-corrected chi connectivity index (χ4v) is 4.65. The van der Waals surface area contributed by atoms with Crippen molar-refractivity contribution in [2.45, 2.75) is 62.8 Å². The number of rotatable bonds is 9. The molecule has 0 radical (unpaired) electrons. The summed E-state index contributed by atoms with van der Waals surface area (Å²) in [5, 5.41) is 9.71. The molecule has 0 aromatic heterocycles. The van der Waals surface area contributed by atoms with Crippen LogP contribution in [0.15, 0.2) is 53.4 Å². The summed E-state index contributed by atoms with van der Waals surface area (Å²) < 4.78 is 66.8. The maximum atomic E-state index is 14.5. The van der Waals surface area contributed by atoms with Crippen molar-refractivity contribution in [1.29, 1.82) is 5.26 Å². The van der Waals surface area contributed by atoms with Crippen molar-refractivity contribution in [2.75, 3.05) is 6.26 Å². The molecule has 0 aliphatic carbocycles. The summed E-state index contributed by atoms with van der Waals surface area (Å²) in [6.45, 7) is 6.19. The fraction of sp³-hybridized carbons (Fsp3) is 0.440. The van der Waals surface area contributed by atoms with Gasteiger partial charge in [0, 0.05) is 6.26 Å². The average molecular weight is 510 g/mol. The molecule has 1 amide bonds. The Morgan fingerprint density at radius 3 is 1.83 bits per heavy atom. The largest absolute Gasteiger partial charge is 0.408 e. The SMILES string of the molecule is CC(C)C[C@@H](C(N)=O)N([C@@H](c1ccc(-c2ccc(S(C)(=O)=O)cc2)cc1)C(F)(F)F)C(C)(C)C#N. The first-order valence-electron chi connectivity index (χ1n) is 10.9. The van der Waals surface area contributed by atoms with Crippen LogP contribution in [0.25, 0.3) is 11.1 Å². The van der Waals surface area contributed by atoms with Crippen LogP contribution in [0.5, 0.6) is 0 Å². The predicted octanol–water partition coefficient (Wildman–Crippen LogP) is 4.86. The number of carbonyl (C=O) groups excluding carboxylic acids is 1. The summed E-state index contributed by atoms with van der Waals surface area (Å²) in [4.78, 5) is 13.3. The topological polar surface area (TPSA) is 104 Å². The highest BCUT2D eigenvalue weighted by atomic mass is 32.2. The van der Waals surface area contributed by atoms with E-state index in [-0.39, 0.29) is 22.8 Å². The molecule has 0 bridgehead atoms. The molecular formula is C25H30F3N3O3S. The molecule has 6 nitrogen and oxygen atoms in total. The molecule has 0 unspecified atom stereocenters. The highest BCUT2D eigenvalue weighted by Gasteiger charge is 2.52. The number of nitrogens with zero attached hydrogens (tertiary/aromatic N) is 2. The van der Waals surface area contributed by atoms with Crippen LogP contribution in [-0.4, -0.2) is 43.2 Å². The Morgan fingerprint density at radius 1 is 1.03 bits per heavy atom. The van der Waals surface area contributed by atoms with Gasteiger partial charge < -0.3 is 5.73 Å². The van der Waals surface area contributed by atoms with Gasteiger partial charge in [0.15, 0.2) is 9.84 Å². The van der Waals surface area contributed by atoms with Gasteiger partial charge in [-0.1, -0.05) is 50.2 Å². The first kappa shape index (κ1) is 28.3. The van der Waals surface area contributed by atoms with Gasteiger partial charge in [0.05, 0.1) is 17.0 Å². The van der Waals surface area contributed by atoms with E-state index in [0.29, 0.717) is 11.1 Å². The molecule has 0 spiro atoms. The zero-order valence-electron chi connectivity index (χ0n) is 20.3. The standard InChI is InChI=1S/C25H30F3N3O3S/c1-16(2)14-21(23(30)32)31(24(3,4)15-29)22(25(26,27)28)19-8-6-17(7-9-19)18-10-12-20(13-11-18)35(5,33)34/h6-13,16,21-22H,14H2,1-5H3,(H2,30,32)/t21-,22-/m0/s1. The number of carbonyl (C=O) groups is 1. The number of nitrogens with two attached hydrogens (primary N) is 1. The lowest BCUT2D eigenvalue weighted by Crippen LogP contribution is -2.58. The van der Waals surface area contributed by atoms with E-state index in [1.807, 2.05) is 6.07 Å². The zero-order valence-corrected chi connectivity index (χ0v) is 21.1. The van der Waals surface area contributed by atoms with Gasteiger partial charge in [-0.05, 0) is 55.0 Å². The summed E-state index contributed by atoms with van der Waals surface area (Å²) in [5.74, 6) is -1.07. The smallest absolute Gasteiger partial charge is 0.368 e. The van der Waals surface area contributed by atoms with Crippen LogP contribution in [0.2, 0.25) is 0 Å². The van der Waals surface area contributed by atoms with E-state index >= 15 is 0 Å².